The van der Waals surface area contributed by atoms with Crippen LogP contribution in [0.25, 0.3) is 0 Å². The highest BCUT2D eigenvalue weighted by Gasteiger charge is 2.09. The first-order chi connectivity index (χ1) is 8.65. The summed E-state index contributed by atoms with van der Waals surface area (Å²) in [4.78, 5) is 0. The Bertz CT molecular complexity index is 350. The van der Waals surface area contributed by atoms with Gasteiger partial charge in [0.15, 0.2) is 0 Å². The summed E-state index contributed by atoms with van der Waals surface area (Å²) < 4.78 is 15.8. The Kier molecular flexibility index (Phi) is 6.72. The third kappa shape index (κ3) is 5.04. The molecule has 0 saturated carbocycles. The van der Waals surface area contributed by atoms with Crippen LogP contribution < -0.4 is 4.74 Å². The van der Waals surface area contributed by atoms with Crippen molar-refractivity contribution in [3.8, 4) is 5.75 Å². The van der Waals surface area contributed by atoms with Crippen LogP contribution >= 0.6 is 0 Å². The Labute approximate surface area is 108 Å². The van der Waals surface area contributed by atoms with Gasteiger partial charge in [-0.25, -0.2) is 0 Å². The molecule has 1 rings (SSSR count). The van der Waals surface area contributed by atoms with Gasteiger partial charge >= 0.3 is 0 Å². The van der Waals surface area contributed by atoms with E-state index in [-0.39, 0.29) is 0 Å². The van der Waals surface area contributed by atoms with E-state index in [0.717, 1.165) is 16.9 Å². The van der Waals surface area contributed by atoms with E-state index in [1.807, 2.05) is 25.1 Å². The minimum Gasteiger partial charge on any atom is -0.491 e. The minimum atomic E-state index is -0.532. The normalized spacial score (nSPS) is 12.4. The Morgan fingerprint density at radius 3 is 2.56 bits per heavy atom. The average Bonchev–Trinajstić information content (AvgIpc) is 2.33. The summed E-state index contributed by atoms with van der Waals surface area (Å²) >= 11 is 0. The molecule has 18 heavy (non-hydrogen) atoms. The predicted molar refractivity (Wildman–Crippen MR) is 70.0 cm³/mol. The second-order valence-corrected chi connectivity index (χ2v) is 4.17. The fraction of sp³-hybridized carbons (Fsp3) is 0.571. The molecular formula is C14H22O4. The van der Waals surface area contributed by atoms with Gasteiger partial charge in [-0.3, -0.25) is 0 Å². The highest BCUT2D eigenvalue weighted by atomic mass is 16.5. The molecule has 1 atom stereocenters. The van der Waals surface area contributed by atoms with Gasteiger partial charge in [-0.05, 0) is 25.5 Å². The van der Waals surface area contributed by atoms with Crippen LogP contribution in [0, 0.1) is 6.92 Å². The summed E-state index contributed by atoms with van der Waals surface area (Å²) in [6, 6.07) is 5.78. The lowest BCUT2D eigenvalue weighted by molar-refractivity contribution is 0.0538. The SMILES string of the molecule is COCCOCCOc1cc(C)ccc1[C@H](C)O. The van der Waals surface area contributed by atoms with E-state index in [0.29, 0.717) is 26.4 Å². The van der Waals surface area contributed by atoms with Crippen molar-refractivity contribution in [3.63, 3.8) is 0 Å². The predicted octanol–water partition coefficient (Wildman–Crippen LogP) is 2.09. The Balaban J connectivity index is 2.43. The smallest absolute Gasteiger partial charge is 0.125 e. The summed E-state index contributed by atoms with van der Waals surface area (Å²) in [5.41, 5.74) is 1.91. The number of aliphatic hydroxyl groups excluding tert-OH is 1. The van der Waals surface area contributed by atoms with Gasteiger partial charge in [0.2, 0.25) is 0 Å². The fourth-order valence-electron chi connectivity index (χ4n) is 1.57. The van der Waals surface area contributed by atoms with Crippen LogP contribution in [0.15, 0.2) is 18.2 Å². The van der Waals surface area contributed by atoms with Gasteiger partial charge in [0, 0.05) is 12.7 Å². The minimum absolute atomic E-state index is 0.465. The van der Waals surface area contributed by atoms with Gasteiger partial charge in [-0.2, -0.15) is 0 Å². The van der Waals surface area contributed by atoms with Gasteiger partial charge < -0.3 is 19.3 Å². The van der Waals surface area contributed by atoms with E-state index in [1.54, 1.807) is 14.0 Å². The van der Waals surface area contributed by atoms with Crippen molar-refractivity contribution in [2.45, 2.75) is 20.0 Å². The standard InChI is InChI=1S/C14H22O4/c1-11-4-5-13(12(2)15)14(10-11)18-9-8-17-7-6-16-3/h4-5,10,12,15H,6-9H2,1-3H3/t12-/m0/s1. The summed E-state index contributed by atoms with van der Waals surface area (Å²) in [7, 11) is 1.64. The van der Waals surface area contributed by atoms with Crippen molar-refractivity contribution in [3.05, 3.63) is 29.3 Å². The third-order valence-electron chi connectivity index (χ3n) is 2.54. The summed E-state index contributed by atoms with van der Waals surface area (Å²) in [5, 5.41) is 9.64. The molecule has 0 aliphatic heterocycles. The first-order valence-electron chi connectivity index (χ1n) is 6.13. The monoisotopic (exact) mass is 254 g/mol. The van der Waals surface area contributed by atoms with Crippen LogP contribution in [0.1, 0.15) is 24.2 Å². The third-order valence-corrected chi connectivity index (χ3v) is 2.54. The second kappa shape index (κ2) is 8.08. The van der Waals surface area contributed by atoms with Crippen molar-refractivity contribution < 1.29 is 19.3 Å². The molecule has 0 aliphatic carbocycles. The average molecular weight is 254 g/mol. The molecule has 1 N–H and O–H groups in total. The largest absolute Gasteiger partial charge is 0.491 e. The molecule has 1 aromatic rings. The maximum absolute atomic E-state index is 9.64. The van der Waals surface area contributed by atoms with E-state index < -0.39 is 6.10 Å². The molecule has 4 nitrogen and oxygen atoms in total. The molecule has 0 unspecified atom stereocenters. The van der Waals surface area contributed by atoms with E-state index in [1.165, 1.54) is 0 Å². The molecule has 1 aromatic carbocycles. The highest BCUT2D eigenvalue weighted by Crippen LogP contribution is 2.26. The van der Waals surface area contributed by atoms with Crippen molar-refractivity contribution in [2.75, 3.05) is 33.5 Å². The number of methoxy groups -OCH3 is 1. The molecule has 0 bridgehead atoms. The zero-order valence-electron chi connectivity index (χ0n) is 11.3. The van der Waals surface area contributed by atoms with E-state index in [4.69, 9.17) is 14.2 Å². The van der Waals surface area contributed by atoms with Crippen molar-refractivity contribution in [2.24, 2.45) is 0 Å². The van der Waals surface area contributed by atoms with Gasteiger partial charge in [0.05, 0.1) is 25.9 Å². The van der Waals surface area contributed by atoms with Crippen molar-refractivity contribution >= 4 is 0 Å². The van der Waals surface area contributed by atoms with Gasteiger partial charge in [0.25, 0.3) is 0 Å². The topological polar surface area (TPSA) is 47.9 Å². The Hall–Kier alpha value is -1.10. The molecule has 0 aliphatic rings. The fourth-order valence-corrected chi connectivity index (χ4v) is 1.57. The number of aliphatic hydroxyl groups is 1. The molecule has 0 fully saturated rings. The molecule has 0 amide bonds. The molecule has 0 radical (unpaired) electrons. The summed E-state index contributed by atoms with van der Waals surface area (Å²) in [6.07, 6.45) is -0.532. The number of ether oxygens (including phenoxy) is 3. The van der Waals surface area contributed by atoms with Crippen LogP contribution in [-0.4, -0.2) is 38.6 Å². The lowest BCUT2D eigenvalue weighted by Crippen LogP contribution is -2.11. The molecular weight excluding hydrogens is 232 g/mol. The molecule has 0 heterocycles. The van der Waals surface area contributed by atoms with Crippen LogP contribution in [-0.2, 0) is 9.47 Å². The van der Waals surface area contributed by atoms with Gasteiger partial charge in [-0.1, -0.05) is 12.1 Å². The van der Waals surface area contributed by atoms with Crippen LogP contribution in [0.3, 0.4) is 0 Å². The lowest BCUT2D eigenvalue weighted by atomic mass is 10.1. The lowest BCUT2D eigenvalue weighted by Gasteiger charge is -2.14. The Morgan fingerprint density at radius 1 is 1.17 bits per heavy atom. The van der Waals surface area contributed by atoms with Gasteiger partial charge in [0.1, 0.15) is 12.4 Å². The number of aryl methyl sites for hydroxylation is 1. The van der Waals surface area contributed by atoms with E-state index in [2.05, 4.69) is 0 Å². The first kappa shape index (κ1) is 15.0. The zero-order valence-corrected chi connectivity index (χ0v) is 11.3. The van der Waals surface area contributed by atoms with Crippen LogP contribution in [0.4, 0.5) is 0 Å². The maximum Gasteiger partial charge on any atom is 0.125 e. The maximum atomic E-state index is 9.64. The van der Waals surface area contributed by atoms with Crippen LogP contribution in [0.2, 0.25) is 0 Å². The highest BCUT2D eigenvalue weighted by molar-refractivity contribution is 5.38. The molecule has 0 spiro atoms. The second-order valence-electron chi connectivity index (χ2n) is 4.17. The molecule has 4 heteroatoms. The first-order valence-corrected chi connectivity index (χ1v) is 6.13. The van der Waals surface area contributed by atoms with E-state index >= 15 is 0 Å². The quantitative estimate of drug-likeness (QED) is 0.722. The summed E-state index contributed by atoms with van der Waals surface area (Å²) in [5.74, 6) is 0.723. The number of hydrogen-bond acceptors (Lipinski definition) is 4. The summed E-state index contributed by atoms with van der Waals surface area (Å²) in [6.45, 7) is 5.85. The molecule has 0 aromatic heterocycles. The number of hydrogen-bond donors (Lipinski definition) is 1. The van der Waals surface area contributed by atoms with E-state index in [9.17, 15) is 5.11 Å². The van der Waals surface area contributed by atoms with Crippen LogP contribution in [0.5, 0.6) is 5.75 Å². The van der Waals surface area contributed by atoms with Gasteiger partial charge in [-0.15, -0.1) is 0 Å². The Morgan fingerprint density at radius 2 is 1.89 bits per heavy atom. The number of benzene rings is 1. The zero-order chi connectivity index (χ0) is 13.4. The van der Waals surface area contributed by atoms with Crippen molar-refractivity contribution in [1.82, 2.24) is 0 Å². The van der Waals surface area contributed by atoms with Crippen molar-refractivity contribution in [1.29, 1.82) is 0 Å². The number of rotatable bonds is 8. The molecule has 0 saturated heterocycles. The molecule has 102 valence electrons.